The summed E-state index contributed by atoms with van der Waals surface area (Å²) < 4.78 is 5.36. The lowest BCUT2D eigenvalue weighted by Crippen LogP contribution is -2.32. The van der Waals surface area contributed by atoms with Gasteiger partial charge in [-0.05, 0) is 43.2 Å². The van der Waals surface area contributed by atoms with E-state index in [1.165, 1.54) is 0 Å². The van der Waals surface area contributed by atoms with Crippen LogP contribution in [0.3, 0.4) is 0 Å². The van der Waals surface area contributed by atoms with E-state index >= 15 is 0 Å². The van der Waals surface area contributed by atoms with Crippen molar-refractivity contribution in [3.8, 4) is 5.75 Å². The van der Waals surface area contributed by atoms with Crippen molar-refractivity contribution in [3.63, 3.8) is 0 Å². The molecule has 0 atom stereocenters. The van der Waals surface area contributed by atoms with Crippen molar-refractivity contribution in [1.29, 1.82) is 0 Å². The minimum absolute atomic E-state index is 0.0799. The molecule has 2 aliphatic heterocycles. The van der Waals surface area contributed by atoms with Crippen LogP contribution in [0.5, 0.6) is 5.75 Å². The summed E-state index contributed by atoms with van der Waals surface area (Å²) in [7, 11) is 0. The van der Waals surface area contributed by atoms with Gasteiger partial charge >= 0.3 is 6.03 Å². The number of likely N-dealkylation sites (tertiary alicyclic amines) is 1. The lowest BCUT2D eigenvalue weighted by molar-refractivity contribution is -0.118. The SMILES string of the molecule is O=C1COc2cc(C(=O)Nc3ccccc3NC(=O)N3CCCC3)ccc2N1. The number of amides is 4. The summed E-state index contributed by atoms with van der Waals surface area (Å²) in [5.74, 6) is -0.124. The van der Waals surface area contributed by atoms with E-state index in [0.29, 0.717) is 28.4 Å². The second-order valence-corrected chi connectivity index (χ2v) is 6.67. The topological polar surface area (TPSA) is 99.8 Å². The highest BCUT2D eigenvalue weighted by molar-refractivity contribution is 6.08. The Morgan fingerprint density at radius 2 is 1.71 bits per heavy atom. The molecule has 0 saturated carbocycles. The van der Waals surface area contributed by atoms with Crippen LogP contribution in [0.15, 0.2) is 42.5 Å². The minimum atomic E-state index is -0.342. The number of hydrogen-bond acceptors (Lipinski definition) is 4. The van der Waals surface area contributed by atoms with Gasteiger partial charge < -0.3 is 25.6 Å². The first-order valence-electron chi connectivity index (χ1n) is 9.13. The third-order valence-corrected chi connectivity index (χ3v) is 4.69. The summed E-state index contributed by atoms with van der Waals surface area (Å²) in [6.07, 6.45) is 2.01. The maximum Gasteiger partial charge on any atom is 0.321 e. The number of benzene rings is 2. The highest BCUT2D eigenvalue weighted by atomic mass is 16.5. The van der Waals surface area contributed by atoms with E-state index in [1.807, 2.05) is 0 Å². The van der Waals surface area contributed by atoms with E-state index in [-0.39, 0.29) is 24.5 Å². The van der Waals surface area contributed by atoms with E-state index in [9.17, 15) is 14.4 Å². The summed E-state index contributed by atoms with van der Waals surface area (Å²) in [5, 5.41) is 8.37. The van der Waals surface area contributed by atoms with Crippen LogP contribution in [0.1, 0.15) is 23.2 Å². The Kier molecular flexibility index (Phi) is 4.84. The molecule has 2 heterocycles. The van der Waals surface area contributed by atoms with E-state index < -0.39 is 0 Å². The highest BCUT2D eigenvalue weighted by Crippen LogP contribution is 2.29. The van der Waals surface area contributed by atoms with Crippen molar-refractivity contribution in [3.05, 3.63) is 48.0 Å². The van der Waals surface area contributed by atoms with Gasteiger partial charge in [-0.1, -0.05) is 12.1 Å². The Bertz CT molecular complexity index is 938. The third-order valence-electron chi connectivity index (χ3n) is 4.69. The van der Waals surface area contributed by atoms with E-state index in [4.69, 9.17) is 4.74 Å². The molecule has 144 valence electrons. The largest absolute Gasteiger partial charge is 0.482 e. The molecule has 0 unspecified atom stereocenters. The second kappa shape index (κ2) is 7.59. The quantitative estimate of drug-likeness (QED) is 0.762. The molecule has 1 fully saturated rings. The first-order valence-corrected chi connectivity index (χ1v) is 9.13. The predicted molar refractivity (Wildman–Crippen MR) is 105 cm³/mol. The van der Waals surface area contributed by atoms with Crippen molar-refractivity contribution < 1.29 is 19.1 Å². The summed E-state index contributed by atoms with van der Waals surface area (Å²) in [6.45, 7) is 1.40. The van der Waals surface area contributed by atoms with Gasteiger partial charge in [-0.2, -0.15) is 0 Å². The van der Waals surface area contributed by atoms with Gasteiger partial charge in [0.1, 0.15) is 5.75 Å². The van der Waals surface area contributed by atoms with Crippen molar-refractivity contribution in [2.45, 2.75) is 12.8 Å². The van der Waals surface area contributed by atoms with Crippen molar-refractivity contribution in [2.75, 3.05) is 35.6 Å². The van der Waals surface area contributed by atoms with Crippen molar-refractivity contribution in [2.24, 2.45) is 0 Å². The van der Waals surface area contributed by atoms with Crippen LogP contribution in [0, 0.1) is 0 Å². The monoisotopic (exact) mass is 380 g/mol. The molecule has 0 spiro atoms. The van der Waals surface area contributed by atoms with Gasteiger partial charge in [0.05, 0.1) is 17.1 Å². The van der Waals surface area contributed by atoms with Crippen LogP contribution >= 0.6 is 0 Å². The van der Waals surface area contributed by atoms with Gasteiger partial charge in [-0.15, -0.1) is 0 Å². The molecule has 0 aromatic heterocycles. The standard InChI is InChI=1S/C20H20N4O4/c25-18-12-28-17-11-13(7-8-16(17)21-18)19(26)22-14-5-1-2-6-15(14)23-20(27)24-9-3-4-10-24/h1-2,5-8,11H,3-4,9-10,12H2,(H,21,25)(H,22,26)(H,23,27). The molecule has 0 radical (unpaired) electrons. The Morgan fingerprint density at radius 3 is 2.46 bits per heavy atom. The number of urea groups is 1. The molecule has 0 bridgehead atoms. The molecule has 3 N–H and O–H groups in total. The van der Waals surface area contributed by atoms with Crippen molar-refractivity contribution in [1.82, 2.24) is 4.90 Å². The molecule has 0 aliphatic carbocycles. The highest BCUT2D eigenvalue weighted by Gasteiger charge is 2.20. The van der Waals surface area contributed by atoms with Crippen LogP contribution in [0.25, 0.3) is 0 Å². The number of nitrogens with zero attached hydrogens (tertiary/aromatic N) is 1. The maximum absolute atomic E-state index is 12.7. The van der Waals surface area contributed by atoms with Crippen molar-refractivity contribution >= 4 is 34.9 Å². The molecule has 1 saturated heterocycles. The number of rotatable bonds is 3. The maximum atomic E-state index is 12.7. The molecule has 2 aromatic rings. The Labute approximate surface area is 161 Å². The van der Waals surface area contributed by atoms with Gasteiger partial charge in [-0.25, -0.2) is 4.79 Å². The van der Waals surface area contributed by atoms with E-state index in [2.05, 4.69) is 16.0 Å². The fraction of sp³-hybridized carbons (Fsp3) is 0.250. The van der Waals surface area contributed by atoms with Gasteiger partial charge in [0.2, 0.25) is 0 Å². The summed E-state index contributed by atoms with van der Waals surface area (Å²) in [4.78, 5) is 38.2. The zero-order valence-corrected chi connectivity index (χ0v) is 15.2. The number of ether oxygens (including phenoxy) is 1. The van der Waals surface area contributed by atoms with Gasteiger partial charge in [-0.3, -0.25) is 9.59 Å². The smallest absolute Gasteiger partial charge is 0.321 e. The number of fused-ring (bicyclic) bond motifs is 1. The molecule has 8 heteroatoms. The fourth-order valence-electron chi connectivity index (χ4n) is 3.23. The van der Waals surface area contributed by atoms with Gasteiger partial charge in [0.15, 0.2) is 6.61 Å². The number of nitrogens with one attached hydrogen (secondary N) is 3. The number of para-hydroxylation sites is 2. The number of hydrogen-bond donors (Lipinski definition) is 3. The molecule has 28 heavy (non-hydrogen) atoms. The first kappa shape index (κ1) is 17.8. The summed E-state index contributed by atoms with van der Waals surface area (Å²) >= 11 is 0. The fourth-order valence-corrected chi connectivity index (χ4v) is 3.23. The molecule has 2 aliphatic rings. The van der Waals surface area contributed by atoms with Crippen LogP contribution in [0.2, 0.25) is 0 Å². The second-order valence-electron chi connectivity index (χ2n) is 6.67. The Balaban J connectivity index is 1.49. The normalized spacial score (nSPS) is 15.3. The zero-order chi connectivity index (χ0) is 19.5. The zero-order valence-electron chi connectivity index (χ0n) is 15.2. The number of carbonyl (C=O) groups is 3. The summed E-state index contributed by atoms with van der Waals surface area (Å²) in [5.41, 5.74) is 1.96. The predicted octanol–water partition coefficient (Wildman–Crippen LogP) is 2.90. The minimum Gasteiger partial charge on any atom is -0.482 e. The third kappa shape index (κ3) is 3.75. The van der Waals surface area contributed by atoms with Gasteiger partial charge in [0, 0.05) is 18.7 Å². The van der Waals surface area contributed by atoms with Crippen LogP contribution in [-0.2, 0) is 4.79 Å². The number of anilines is 3. The van der Waals surface area contributed by atoms with Crippen LogP contribution in [-0.4, -0.2) is 42.4 Å². The molecule has 4 amide bonds. The van der Waals surface area contributed by atoms with Crippen LogP contribution < -0.4 is 20.7 Å². The lowest BCUT2D eigenvalue weighted by Gasteiger charge is -2.19. The molecule has 8 nitrogen and oxygen atoms in total. The molecule has 2 aromatic carbocycles. The Hall–Kier alpha value is -3.55. The number of carbonyl (C=O) groups excluding carboxylic acids is 3. The molecular weight excluding hydrogens is 360 g/mol. The first-order chi connectivity index (χ1) is 13.6. The van der Waals surface area contributed by atoms with Crippen LogP contribution in [0.4, 0.5) is 21.9 Å². The van der Waals surface area contributed by atoms with Gasteiger partial charge in [0.25, 0.3) is 11.8 Å². The molecular formula is C20H20N4O4. The summed E-state index contributed by atoms with van der Waals surface area (Å²) in [6, 6.07) is 11.7. The Morgan fingerprint density at radius 1 is 1.00 bits per heavy atom. The van der Waals surface area contributed by atoms with E-state index in [0.717, 1.165) is 25.9 Å². The van der Waals surface area contributed by atoms with E-state index in [1.54, 1.807) is 47.4 Å². The average molecular weight is 380 g/mol. The average Bonchev–Trinajstić information content (AvgIpc) is 3.24. The molecule has 4 rings (SSSR count). The lowest BCUT2D eigenvalue weighted by atomic mass is 10.1.